The minimum absolute atomic E-state index is 0.00810. The first-order chi connectivity index (χ1) is 13.7. The summed E-state index contributed by atoms with van der Waals surface area (Å²) in [5, 5.41) is 15.4. The van der Waals surface area contributed by atoms with Crippen LogP contribution < -0.4 is 15.5 Å². The van der Waals surface area contributed by atoms with Gasteiger partial charge in [-0.2, -0.15) is 13.2 Å². The molecule has 1 aromatic carbocycles. The molecule has 1 amide bonds. The number of anilines is 2. The molecule has 1 unspecified atom stereocenters. The maximum atomic E-state index is 13.5. The molecule has 29 heavy (non-hydrogen) atoms. The first-order valence-corrected chi connectivity index (χ1v) is 10.3. The number of aliphatic hydroxyl groups is 1. The van der Waals surface area contributed by atoms with Gasteiger partial charge in [-0.3, -0.25) is 4.79 Å². The summed E-state index contributed by atoms with van der Waals surface area (Å²) in [5.74, 6) is -0.365. The molecule has 1 aliphatic rings. The van der Waals surface area contributed by atoms with Gasteiger partial charge in [0.2, 0.25) is 0 Å². The first-order valence-electron chi connectivity index (χ1n) is 9.15. The Balaban J connectivity index is 1.57. The highest BCUT2D eigenvalue weighted by atomic mass is 35.5. The highest BCUT2D eigenvalue weighted by molar-refractivity contribution is 7.17. The number of carbonyl (C=O) groups is 1. The monoisotopic (exact) mass is 447 g/mol. The van der Waals surface area contributed by atoms with Crippen molar-refractivity contribution < 1.29 is 23.1 Å². The third-order valence-electron chi connectivity index (χ3n) is 4.59. The summed E-state index contributed by atoms with van der Waals surface area (Å²) >= 11 is 6.90. The average Bonchev–Trinajstić information content (AvgIpc) is 3.35. The van der Waals surface area contributed by atoms with Gasteiger partial charge in [0, 0.05) is 37.6 Å². The lowest BCUT2D eigenvalue weighted by molar-refractivity contribution is -0.137. The minimum atomic E-state index is -4.47. The number of thiophene rings is 1. The fourth-order valence-electron chi connectivity index (χ4n) is 3.15. The molecule has 0 radical (unpaired) electrons. The van der Waals surface area contributed by atoms with Crippen molar-refractivity contribution in [2.24, 2.45) is 0 Å². The normalized spacial score (nSPS) is 15.4. The van der Waals surface area contributed by atoms with Crippen LogP contribution in [0.4, 0.5) is 24.5 Å². The predicted molar refractivity (Wildman–Crippen MR) is 109 cm³/mol. The topological polar surface area (TPSA) is 64.6 Å². The Labute approximate surface area is 175 Å². The molecule has 0 saturated carbocycles. The summed E-state index contributed by atoms with van der Waals surface area (Å²) < 4.78 is 41.0. The van der Waals surface area contributed by atoms with Crippen LogP contribution in [-0.4, -0.2) is 43.3 Å². The maximum absolute atomic E-state index is 13.5. The average molecular weight is 448 g/mol. The van der Waals surface area contributed by atoms with E-state index >= 15 is 0 Å². The van der Waals surface area contributed by atoms with Crippen LogP contribution in [0, 0.1) is 0 Å². The molecular formula is C19H21ClF3N3O2S. The fourth-order valence-corrected chi connectivity index (χ4v) is 4.11. The fraction of sp³-hybridized carbons (Fsp3) is 0.421. The summed E-state index contributed by atoms with van der Waals surface area (Å²) in [5.41, 5.74) is -0.250. The summed E-state index contributed by atoms with van der Waals surface area (Å²) in [6.45, 7) is 1.18. The number of alkyl halides is 3. The van der Waals surface area contributed by atoms with Gasteiger partial charge >= 0.3 is 6.18 Å². The number of rotatable bonds is 7. The molecule has 1 atom stereocenters. The van der Waals surface area contributed by atoms with Crippen molar-refractivity contribution in [1.29, 1.82) is 0 Å². The lowest BCUT2D eigenvalue weighted by Crippen LogP contribution is -2.35. The van der Waals surface area contributed by atoms with E-state index in [1.807, 2.05) is 0 Å². The highest BCUT2D eigenvalue weighted by Gasteiger charge is 2.35. The van der Waals surface area contributed by atoms with Gasteiger partial charge < -0.3 is 20.6 Å². The van der Waals surface area contributed by atoms with Crippen LogP contribution in [0.1, 0.15) is 28.1 Å². The number of nitrogens with one attached hydrogen (secondary N) is 2. The molecule has 3 N–H and O–H groups in total. The predicted octanol–water partition coefficient (Wildman–Crippen LogP) is 4.22. The van der Waals surface area contributed by atoms with Gasteiger partial charge in [-0.15, -0.1) is 11.3 Å². The van der Waals surface area contributed by atoms with Crippen LogP contribution in [0.2, 0.25) is 4.34 Å². The van der Waals surface area contributed by atoms with Gasteiger partial charge in [0.15, 0.2) is 0 Å². The van der Waals surface area contributed by atoms with E-state index in [9.17, 15) is 23.1 Å². The van der Waals surface area contributed by atoms with Crippen LogP contribution in [0.5, 0.6) is 0 Å². The SMILES string of the molecule is O=C(NCC(O)CNc1ccc(N2CCCC2)c(C(F)(F)F)c1)c1ccc(Cl)s1. The molecule has 1 fully saturated rings. The number of hydrogen-bond acceptors (Lipinski definition) is 5. The van der Waals surface area contributed by atoms with E-state index < -0.39 is 17.8 Å². The van der Waals surface area contributed by atoms with Crippen LogP contribution in [0.15, 0.2) is 30.3 Å². The minimum Gasteiger partial charge on any atom is -0.389 e. The van der Waals surface area contributed by atoms with Crippen LogP contribution in [0.3, 0.4) is 0 Å². The lowest BCUT2D eigenvalue weighted by Gasteiger charge is -2.23. The zero-order chi connectivity index (χ0) is 21.0. The van der Waals surface area contributed by atoms with E-state index in [0.717, 1.165) is 30.2 Å². The second-order valence-corrected chi connectivity index (χ2v) is 8.49. The van der Waals surface area contributed by atoms with E-state index in [0.29, 0.717) is 22.3 Å². The zero-order valence-electron chi connectivity index (χ0n) is 15.4. The molecule has 0 spiro atoms. The van der Waals surface area contributed by atoms with Gasteiger partial charge in [0.1, 0.15) is 0 Å². The zero-order valence-corrected chi connectivity index (χ0v) is 17.0. The maximum Gasteiger partial charge on any atom is 0.418 e. The number of carbonyl (C=O) groups excluding carboxylic acids is 1. The first kappa shape index (κ1) is 21.7. The Morgan fingerprint density at radius 3 is 2.55 bits per heavy atom. The number of nitrogens with zero attached hydrogens (tertiary/aromatic N) is 1. The largest absolute Gasteiger partial charge is 0.418 e. The van der Waals surface area contributed by atoms with Gasteiger partial charge in [-0.1, -0.05) is 11.6 Å². The van der Waals surface area contributed by atoms with Crippen molar-refractivity contribution in [1.82, 2.24) is 5.32 Å². The number of aliphatic hydroxyl groups excluding tert-OH is 1. The second kappa shape index (κ2) is 9.23. The van der Waals surface area contributed by atoms with E-state index in [1.54, 1.807) is 23.1 Å². The van der Waals surface area contributed by atoms with Crippen molar-refractivity contribution in [3.8, 4) is 0 Å². The quantitative estimate of drug-likeness (QED) is 0.594. The Morgan fingerprint density at radius 1 is 1.21 bits per heavy atom. The molecule has 0 bridgehead atoms. The Kier molecular flexibility index (Phi) is 6.92. The van der Waals surface area contributed by atoms with Crippen molar-refractivity contribution >= 4 is 40.2 Å². The molecule has 3 rings (SSSR count). The van der Waals surface area contributed by atoms with Crippen molar-refractivity contribution in [3.63, 3.8) is 0 Å². The summed E-state index contributed by atoms with van der Waals surface area (Å²) in [6, 6.07) is 7.27. The van der Waals surface area contributed by atoms with Gasteiger partial charge in [0.25, 0.3) is 5.91 Å². The number of halogens is 4. The molecular weight excluding hydrogens is 427 g/mol. The lowest BCUT2D eigenvalue weighted by atomic mass is 10.1. The molecule has 10 heteroatoms. The van der Waals surface area contributed by atoms with Gasteiger partial charge in [-0.25, -0.2) is 0 Å². The molecule has 2 heterocycles. The van der Waals surface area contributed by atoms with Gasteiger partial charge in [0.05, 0.1) is 20.9 Å². The van der Waals surface area contributed by atoms with Crippen molar-refractivity contribution in [3.05, 3.63) is 45.1 Å². The molecule has 0 aliphatic carbocycles. The van der Waals surface area contributed by atoms with Gasteiger partial charge in [-0.05, 0) is 43.2 Å². The van der Waals surface area contributed by atoms with E-state index in [1.165, 1.54) is 6.07 Å². The summed E-state index contributed by atoms with van der Waals surface area (Å²) in [7, 11) is 0. The molecule has 1 aromatic heterocycles. The highest BCUT2D eigenvalue weighted by Crippen LogP contribution is 2.39. The molecule has 5 nitrogen and oxygen atoms in total. The van der Waals surface area contributed by atoms with Crippen LogP contribution >= 0.6 is 22.9 Å². The third-order valence-corrected chi connectivity index (χ3v) is 5.82. The molecule has 158 valence electrons. The van der Waals surface area contributed by atoms with E-state index in [2.05, 4.69) is 10.6 Å². The van der Waals surface area contributed by atoms with Crippen molar-refractivity contribution in [2.45, 2.75) is 25.1 Å². The van der Waals surface area contributed by atoms with E-state index in [4.69, 9.17) is 11.6 Å². The van der Waals surface area contributed by atoms with E-state index in [-0.39, 0.29) is 30.4 Å². The van der Waals surface area contributed by atoms with Crippen molar-refractivity contribution in [2.75, 3.05) is 36.4 Å². The molecule has 2 aromatic rings. The number of amides is 1. The Morgan fingerprint density at radius 2 is 1.93 bits per heavy atom. The summed E-state index contributed by atoms with van der Waals surface area (Å²) in [6.07, 6.45) is -3.67. The molecule has 1 saturated heterocycles. The second-order valence-electron chi connectivity index (χ2n) is 6.77. The third kappa shape index (κ3) is 5.77. The van der Waals surface area contributed by atoms with Crippen LogP contribution in [-0.2, 0) is 6.18 Å². The smallest absolute Gasteiger partial charge is 0.389 e. The Bertz CT molecular complexity index is 853. The number of benzene rings is 1. The number of hydrogen-bond donors (Lipinski definition) is 3. The summed E-state index contributed by atoms with van der Waals surface area (Å²) in [4.78, 5) is 14.1. The Hall–Kier alpha value is -1.97. The standard InChI is InChI=1S/C19H21ClF3N3O2S/c20-17-6-5-16(29-17)18(28)25-11-13(27)10-24-12-3-4-15(26-7-1-2-8-26)14(9-12)19(21,22)23/h3-6,9,13,24,27H,1-2,7-8,10-11H2,(H,25,28). The van der Waals surface area contributed by atoms with Crippen LogP contribution in [0.25, 0.3) is 0 Å². The molecule has 1 aliphatic heterocycles.